The van der Waals surface area contributed by atoms with Crippen molar-refractivity contribution < 1.29 is 23.0 Å². The number of alkyl halides is 2. The molecule has 164 valence electrons. The molecule has 1 aliphatic heterocycles. The van der Waals surface area contributed by atoms with Crippen LogP contribution in [0.1, 0.15) is 18.3 Å². The molecule has 0 aliphatic carbocycles. The van der Waals surface area contributed by atoms with Crippen molar-refractivity contribution in [2.45, 2.75) is 26.1 Å². The molecule has 2 aromatic rings. The third kappa shape index (κ3) is 6.30. The highest BCUT2D eigenvalue weighted by molar-refractivity contribution is 5.96. The van der Waals surface area contributed by atoms with Crippen molar-refractivity contribution >= 4 is 17.3 Å². The molecule has 9 heteroatoms. The molecule has 0 saturated carbocycles. The maximum absolute atomic E-state index is 13.0. The maximum Gasteiger partial charge on any atom is 0.394 e. The van der Waals surface area contributed by atoms with Gasteiger partial charge < -0.3 is 20.1 Å². The fourth-order valence-corrected chi connectivity index (χ4v) is 2.81. The van der Waals surface area contributed by atoms with Crippen LogP contribution in [0.5, 0.6) is 11.5 Å². The van der Waals surface area contributed by atoms with Gasteiger partial charge in [0.15, 0.2) is 6.10 Å². The second-order valence-electron chi connectivity index (χ2n) is 7.43. The van der Waals surface area contributed by atoms with E-state index in [1.54, 1.807) is 12.1 Å². The summed E-state index contributed by atoms with van der Waals surface area (Å²) in [6, 6.07) is 7.78. The van der Waals surface area contributed by atoms with Crippen LogP contribution in [0.15, 0.2) is 30.3 Å². The topological polar surface area (TPSA) is 75.7 Å². The van der Waals surface area contributed by atoms with Gasteiger partial charge in [-0.1, -0.05) is 5.92 Å². The maximum atomic E-state index is 13.0. The minimum Gasteiger partial charge on any atom is -0.477 e. The third-order valence-electron chi connectivity index (χ3n) is 4.18. The highest BCUT2D eigenvalue weighted by atomic mass is 19.3. The van der Waals surface area contributed by atoms with Crippen molar-refractivity contribution in [3.63, 3.8) is 0 Å². The number of carbonyl (C=O) groups excluding carboxylic acids is 1. The predicted molar refractivity (Wildman–Crippen MR) is 114 cm³/mol. The molecule has 0 radical (unpaired) electrons. The Kier molecular flexibility index (Phi) is 6.61. The summed E-state index contributed by atoms with van der Waals surface area (Å²) in [4.78, 5) is 19.1. The lowest BCUT2D eigenvalue weighted by molar-refractivity contribution is -0.158. The van der Waals surface area contributed by atoms with E-state index in [0.717, 1.165) is 5.69 Å². The number of aryl methyl sites for hydroxylation is 1. The summed E-state index contributed by atoms with van der Waals surface area (Å²) in [6.45, 7) is 3.23. The number of ether oxygens (including phenoxy) is 2. The van der Waals surface area contributed by atoms with Gasteiger partial charge >= 0.3 is 6.11 Å². The van der Waals surface area contributed by atoms with E-state index >= 15 is 0 Å². The molecular formula is C22H24F2N4O3. The van der Waals surface area contributed by atoms with Gasteiger partial charge in [-0.2, -0.15) is 8.78 Å². The van der Waals surface area contributed by atoms with Crippen molar-refractivity contribution in [1.29, 1.82) is 0 Å². The highest BCUT2D eigenvalue weighted by Crippen LogP contribution is 2.34. The number of nitrogens with one attached hydrogen (secondary N) is 2. The zero-order valence-electron chi connectivity index (χ0n) is 17.8. The van der Waals surface area contributed by atoms with Gasteiger partial charge in [-0.25, -0.2) is 4.98 Å². The average molecular weight is 430 g/mol. The van der Waals surface area contributed by atoms with Crippen LogP contribution in [0.2, 0.25) is 0 Å². The monoisotopic (exact) mass is 430 g/mol. The average Bonchev–Trinajstić information content (AvgIpc) is 2.68. The fraction of sp³-hybridized carbons (Fsp3) is 0.364. The first-order chi connectivity index (χ1) is 14.6. The normalized spacial score (nSPS) is 15.1. The van der Waals surface area contributed by atoms with Crippen LogP contribution in [0.25, 0.3) is 0 Å². The number of hydrogen-bond donors (Lipinski definition) is 2. The van der Waals surface area contributed by atoms with Crippen molar-refractivity contribution in [3.05, 3.63) is 41.7 Å². The van der Waals surface area contributed by atoms with Gasteiger partial charge in [-0.05, 0) is 51.2 Å². The van der Waals surface area contributed by atoms with E-state index < -0.39 is 12.2 Å². The summed E-state index contributed by atoms with van der Waals surface area (Å²) in [6.07, 6.45) is -4.11. The second-order valence-corrected chi connectivity index (χ2v) is 7.43. The molecule has 2 heterocycles. The Morgan fingerprint density at radius 2 is 2.16 bits per heavy atom. The quantitative estimate of drug-likeness (QED) is 0.710. The van der Waals surface area contributed by atoms with E-state index in [2.05, 4.69) is 32.2 Å². The fourth-order valence-electron chi connectivity index (χ4n) is 2.81. The molecule has 31 heavy (non-hydrogen) atoms. The number of fused-ring (bicyclic) bond motifs is 1. The minimum atomic E-state index is -3.29. The van der Waals surface area contributed by atoms with Gasteiger partial charge in [0.25, 0.3) is 5.91 Å². The van der Waals surface area contributed by atoms with Crippen molar-refractivity contribution in [2.24, 2.45) is 0 Å². The molecule has 1 aromatic carbocycles. The lowest BCUT2D eigenvalue weighted by Gasteiger charge is -2.27. The molecule has 1 aliphatic rings. The largest absolute Gasteiger partial charge is 0.477 e. The first-order valence-electron chi connectivity index (χ1n) is 9.64. The molecule has 0 fully saturated rings. The zero-order chi connectivity index (χ0) is 22.6. The molecule has 1 amide bonds. The number of pyridine rings is 1. The van der Waals surface area contributed by atoms with Crippen molar-refractivity contribution in [1.82, 2.24) is 9.88 Å². The van der Waals surface area contributed by atoms with Gasteiger partial charge in [0.05, 0.1) is 24.5 Å². The van der Waals surface area contributed by atoms with Crippen LogP contribution in [-0.4, -0.2) is 55.2 Å². The summed E-state index contributed by atoms with van der Waals surface area (Å²) in [5, 5.41) is 5.83. The number of rotatable bonds is 5. The second kappa shape index (κ2) is 9.18. The van der Waals surface area contributed by atoms with Gasteiger partial charge in [-0.3, -0.25) is 9.69 Å². The first kappa shape index (κ1) is 22.3. The summed E-state index contributed by atoms with van der Waals surface area (Å²) in [7, 11) is 3.82. The van der Waals surface area contributed by atoms with Gasteiger partial charge in [0.2, 0.25) is 0 Å². The van der Waals surface area contributed by atoms with Crippen LogP contribution < -0.4 is 20.1 Å². The van der Waals surface area contributed by atoms with Gasteiger partial charge in [0.1, 0.15) is 17.2 Å². The Hall–Kier alpha value is -3.38. The Balaban J connectivity index is 1.71. The summed E-state index contributed by atoms with van der Waals surface area (Å²) in [5.74, 6) is 5.98. The molecule has 2 N–H and O–H groups in total. The third-order valence-corrected chi connectivity index (χ3v) is 4.18. The van der Waals surface area contributed by atoms with Crippen LogP contribution in [0.3, 0.4) is 0 Å². The Morgan fingerprint density at radius 3 is 2.87 bits per heavy atom. The number of nitrogens with zero attached hydrogens (tertiary/aromatic N) is 2. The molecule has 1 unspecified atom stereocenters. The number of halogens is 2. The summed E-state index contributed by atoms with van der Waals surface area (Å²) < 4.78 is 36.4. The highest BCUT2D eigenvalue weighted by Gasteiger charge is 2.28. The lowest BCUT2D eigenvalue weighted by Crippen LogP contribution is -2.41. The molecule has 0 bridgehead atoms. The van der Waals surface area contributed by atoms with Crippen molar-refractivity contribution in [3.8, 4) is 23.3 Å². The first-order valence-corrected chi connectivity index (χ1v) is 9.64. The van der Waals surface area contributed by atoms with E-state index in [-0.39, 0.29) is 18.2 Å². The lowest BCUT2D eigenvalue weighted by atomic mass is 10.2. The molecule has 1 atom stereocenters. The molecular weight excluding hydrogens is 406 g/mol. The van der Waals surface area contributed by atoms with Crippen molar-refractivity contribution in [2.75, 3.05) is 37.8 Å². The van der Waals surface area contributed by atoms with E-state index in [0.29, 0.717) is 36.3 Å². The number of carbonyl (C=O) groups is 1. The number of anilines is 2. The van der Waals surface area contributed by atoms with E-state index in [9.17, 15) is 13.6 Å². The molecule has 3 rings (SSSR count). The molecule has 7 nitrogen and oxygen atoms in total. The summed E-state index contributed by atoms with van der Waals surface area (Å²) in [5.41, 5.74) is 2.22. The standard InChI is InChI=1S/C22H24F2N4O3/c1-14-7-9-17(16(26-14)6-5-11-28(3)4)27-21(29)20-13-25-18-12-15(31-22(2,23)24)8-10-19(18)30-20/h7-10,12,20,25H,11,13H2,1-4H3,(H,27,29). The van der Waals surface area contributed by atoms with Gasteiger partial charge in [0, 0.05) is 18.7 Å². The van der Waals surface area contributed by atoms with Crippen LogP contribution in [0.4, 0.5) is 20.2 Å². The van der Waals surface area contributed by atoms with E-state index in [4.69, 9.17) is 4.74 Å². The number of hydrogen-bond acceptors (Lipinski definition) is 6. The SMILES string of the molecule is Cc1ccc(NC(=O)C2CNc3cc(OC(C)(F)F)ccc3O2)c(C#CCN(C)C)n1. The predicted octanol–water partition coefficient (Wildman–Crippen LogP) is 3.11. The van der Waals surface area contributed by atoms with Gasteiger partial charge in [-0.15, -0.1) is 0 Å². The number of aromatic nitrogens is 1. The molecule has 0 saturated heterocycles. The number of amides is 1. The Bertz CT molecular complexity index is 1030. The smallest absolute Gasteiger partial charge is 0.394 e. The van der Waals surface area contributed by atoms with Crippen LogP contribution >= 0.6 is 0 Å². The van der Waals surface area contributed by atoms with E-state index in [1.807, 2.05) is 25.9 Å². The molecule has 1 aromatic heterocycles. The Labute approximate surface area is 179 Å². The Morgan fingerprint density at radius 1 is 1.39 bits per heavy atom. The number of benzene rings is 1. The summed E-state index contributed by atoms with van der Waals surface area (Å²) >= 11 is 0. The van der Waals surface area contributed by atoms with Crippen LogP contribution in [0, 0.1) is 18.8 Å². The van der Waals surface area contributed by atoms with Crippen LogP contribution in [-0.2, 0) is 4.79 Å². The zero-order valence-corrected chi connectivity index (χ0v) is 17.8. The molecule has 0 spiro atoms. The van der Waals surface area contributed by atoms with E-state index in [1.165, 1.54) is 18.2 Å². The minimum absolute atomic E-state index is 0.00285.